The number of nitrogens with zero attached hydrogens (tertiary/aromatic N) is 1. The molecule has 5 atom stereocenters. The smallest absolute Gasteiger partial charge is 0.411 e. The zero-order chi connectivity index (χ0) is 30.1. The topological polar surface area (TPSA) is 160 Å². The van der Waals surface area contributed by atoms with E-state index in [9.17, 15) is 27.6 Å². The van der Waals surface area contributed by atoms with Gasteiger partial charge in [-0.1, -0.05) is 18.2 Å². The van der Waals surface area contributed by atoms with Crippen LogP contribution >= 0.6 is 0 Å². The number of methoxy groups -OCH3 is 1. The first-order chi connectivity index (χ1) is 20.0. The average Bonchev–Trinajstić information content (AvgIpc) is 3.87. The molecule has 1 aromatic carbocycles. The molecule has 0 aromatic heterocycles. The van der Waals surface area contributed by atoms with Crippen LogP contribution in [0.3, 0.4) is 0 Å². The van der Waals surface area contributed by atoms with Gasteiger partial charge in [0.05, 0.1) is 24.2 Å². The number of ether oxygens (including phenoxy) is 2. The van der Waals surface area contributed by atoms with Crippen molar-refractivity contribution in [2.75, 3.05) is 26.0 Å². The Morgan fingerprint density at radius 3 is 2.62 bits per heavy atom. The van der Waals surface area contributed by atoms with Crippen molar-refractivity contribution in [2.45, 2.75) is 68.3 Å². The van der Waals surface area contributed by atoms with Crippen LogP contribution in [0, 0.1) is 17.8 Å². The maximum atomic E-state index is 13.8. The number of fused-ring (bicyclic) bond motifs is 2. The zero-order valence-electron chi connectivity index (χ0n) is 23.8. The predicted octanol–water partition coefficient (Wildman–Crippen LogP) is 2.32. The van der Waals surface area contributed by atoms with E-state index in [0.29, 0.717) is 30.8 Å². The lowest BCUT2D eigenvalue weighted by atomic mass is 9.93. The molecule has 0 radical (unpaired) electrons. The molecule has 42 heavy (non-hydrogen) atoms. The molecule has 12 nitrogen and oxygen atoms in total. The first-order valence-electron chi connectivity index (χ1n) is 14.4. The van der Waals surface area contributed by atoms with Gasteiger partial charge in [-0.05, 0) is 63.5 Å². The molecule has 3 saturated carbocycles. The van der Waals surface area contributed by atoms with Gasteiger partial charge in [-0.3, -0.25) is 24.4 Å². The number of carbonyl (C=O) groups is 4. The fraction of sp³-hybridized carbons (Fsp3) is 0.586. The molecule has 13 heteroatoms. The number of nitrogens with one attached hydrogen (secondary N) is 3. The maximum Gasteiger partial charge on any atom is 0.411 e. The predicted molar refractivity (Wildman–Crippen MR) is 153 cm³/mol. The summed E-state index contributed by atoms with van der Waals surface area (Å²) in [6.07, 6.45) is 6.16. The van der Waals surface area contributed by atoms with Crippen LogP contribution < -0.4 is 20.1 Å². The number of hydrogen-bond acceptors (Lipinski definition) is 8. The SMILES string of the molecule is COc1cccc(NC(=O)OC2CC3C(=O)NC4(C(=O)NS(=O)(=O)C5CC5)CC4C=CCCCCN(C)C(=O)C3C2)c1. The Morgan fingerprint density at radius 2 is 1.88 bits per heavy atom. The van der Waals surface area contributed by atoms with E-state index in [1.165, 1.54) is 7.11 Å². The van der Waals surface area contributed by atoms with Crippen LogP contribution in [-0.4, -0.2) is 74.7 Å². The summed E-state index contributed by atoms with van der Waals surface area (Å²) >= 11 is 0. The van der Waals surface area contributed by atoms with Crippen molar-refractivity contribution >= 4 is 39.5 Å². The summed E-state index contributed by atoms with van der Waals surface area (Å²) in [6, 6.07) is 6.76. The van der Waals surface area contributed by atoms with Crippen LogP contribution in [0.4, 0.5) is 10.5 Å². The minimum atomic E-state index is -3.82. The number of carbonyl (C=O) groups excluding carboxylic acids is 4. The molecule has 0 saturated heterocycles. The second-order valence-electron chi connectivity index (χ2n) is 11.7. The quantitative estimate of drug-likeness (QED) is 0.418. The normalized spacial score (nSPS) is 29.8. The van der Waals surface area contributed by atoms with Crippen molar-refractivity contribution < 1.29 is 37.1 Å². The van der Waals surface area contributed by atoms with E-state index in [2.05, 4.69) is 15.4 Å². The van der Waals surface area contributed by atoms with Gasteiger partial charge in [0.15, 0.2) is 0 Å². The second-order valence-corrected chi connectivity index (χ2v) is 13.7. The Labute approximate surface area is 245 Å². The fourth-order valence-corrected chi connectivity index (χ4v) is 7.25. The Kier molecular flexibility index (Phi) is 8.49. The van der Waals surface area contributed by atoms with Gasteiger partial charge < -0.3 is 19.7 Å². The number of allylic oxidation sites excluding steroid dienone is 1. The monoisotopic (exact) mass is 602 g/mol. The van der Waals surface area contributed by atoms with Crippen LogP contribution in [0.25, 0.3) is 0 Å². The van der Waals surface area contributed by atoms with Gasteiger partial charge in [0.2, 0.25) is 21.8 Å². The van der Waals surface area contributed by atoms with Gasteiger partial charge >= 0.3 is 6.09 Å². The number of benzene rings is 1. The van der Waals surface area contributed by atoms with Crippen molar-refractivity contribution in [3.63, 3.8) is 0 Å². The third kappa shape index (κ3) is 6.55. The minimum absolute atomic E-state index is 0.0835. The average molecular weight is 603 g/mol. The van der Waals surface area contributed by atoms with Crippen molar-refractivity contribution in [1.82, 2.24) is 14.9 Å². The molecular weight excluding hydrogens is 564 g/mol. The molecule has 3 aliphatic carbocycles. The summed E-state index contributed by atoms with van der Waals surface area (Å²) < 4.78 is 38.1. The summed E-state index contributed by atoms with van der Waals surface area (Å²) in [4.78, 5) is 54.9. The molecule has 228 valence electrons. The molecule has 3 fully saturated rings. The van der Waals surface area contributed by atoms with E-state index in [1.807, 2.05) is 12.2 Å². The fourth-order valence-electron chi connectivity index (χ4n) is 5.89. The number of amides is 4. The first kappa shape index (κ1) is 29.9. The lowest BCUT2D eigenvalue weighted by Gasteiger charge is -2.26. The highest BCUT2D eigenvalue weighted by molar-refractivity contribution is 7.91. The summed E-state index contributed by atoms with van der Waals surface area (Å²) in [6.45, 7) is 0.522. The van der Waals surface area contributed by atoms with Crippen LogP contribution in [-0.2, 0) is 29.1 Å². The number of sulfonamides is 1. The van der Waals surface area contributed by atoms with Crippen LogP contribution in [0.15, 0.2) is 36.4 Å². The Bertz CT molecular complexity index is 1380. The molecular formula is C29H38N4O8S. The van der Waals surface area contributed by atoms with Crippen LogP contribution in [0.2, 0.25) is 0 Å². The van der Waals surface area contributed by atoms with E-state index in [1.54, 1.807) is 36.2 Å². The molecule has 1 aliphatic heterocycles. The Morgan fingerprint density at radius 1 is 1.12 bits per heavy atom. The summed E-state index contributed by atoms with van der Waals surface area (Å²) in [7, 11) is -0.614. The summed E-state index contributed by atoms with van der Waals surface area (Å²) in [5.41, 5.74) is -0.951. The second kappa shape index (κ2) is 11.9. The van der Waals surface area contributed by atoms with Crippen molar-refractivity contribution in [2.24, 2.45) is 17.8 Å². The molecule has 4 amide bonds. The molecule has 1 heterocycles. The van der Waals surface area contributed by atoms with Crippen molar-refractivity contribution in [1.29, 1.82) is 0 Å². The summed E-state index contributed by atoms with van der Waals surface area (Å²) in [5, 5.41) is 4.89. The van der Waals surface area contributed by atoms with E-state index in [4.69, 9.17) is 9.47 Å². The molecule has 1 aromatic rings. The Hall–Kier alpha value is -3.61. The number of rotatable bonds is 6. The zero-order valence-corrected chi connectivity index (χ0v) is 24.7. The molecule has 3 N–H and O–H groups in total. The van der Waals surface area contributed by atoms with Gasteiger partial charge in [-0.15, -0.1) is 0 Å². The lowest BCUT2D eigenvalue weighted by molar-refractivity contribution is -0.140. The van der Waals surface area contributed by atoms with Crippen molar-refractivity contribution in [3.05, 3.63) is 36.4 Å². The Balaban J connectivity index is 1.33. The van der Waals surface area contributed by atoms with Gasteiger partial charge in [0.25, 0.3) is 5.91 Å². The molecule has 5 rings (SSSR count). The third-order valence-corrected chi connectivity index (χ3v) is 10.4. The highest BCUT2D eigenvalue weighted by Crippen LogP contribution is 2.47. The van der Waals surface area contributed by atoms with E-state index in [0.717, 1.165) is 19.3 Å². The van der Waals surface area contributed by atoms with E-state index in [-0.39, 0.29) is 31.1 Å². The molecule has 0 bridgehead atoms. The highest BCUT2D eigenvalue weighted by Gasteiger charge is 2.62. The van der Waals surface area contributed by atoms with Gasteiger partial charge in [-0.2, -0.15) is 0 Å². The van der Waals surface area contributed by atoms with E-state index >= 15 is 0 Å². The van der Waals surface area contributed by atoms with Gasteiger partial charge in [0, 0.05) is 31.3 Å². The van der Waals surface area contributed by atoms with E-state index < -0.39 is 56.7 Å². The third-order valence-electron chi connectivity index (χ3n) is 8.59. The standard InChI is InChI=1S/C29H38N4O8S/c1-33-13-6-4-3-5-8-18-17-29(18,27(36)32-42(38,39)22-11-12-22)31-25(34)23-15-21(16-24(23)26(33)35)41-28(37)30-19-9-7-10-20(14-19)40-2/h5,7-10,14,18,21-24H,3-4,6,11-13,15-17H2,1-2H3,(H,30,37)(H,31,34)(H,32,36). The number of hydrogen-bond donors (Lipinski definition) is 3. The maximum absolute atomic E-state index is 13.8. The van der Waals surface area contributed by atoms with Gasteiger partial charge in [0.1, 0.15) is 17.4 Å². The van der Waals surface area contributed by atoms with Crippen LogP contribution in [0.5, 0.6) is 5.75 Å². The van der Waals surface area contributed by atoms with Crippen LogP contribution in [0.1, 0.15) is 51.4 Å². The lowest BCUT2D eigenvalue weighted by Crippen LogP contribution is -2.54. The van der Waals surface area contributed by atoms with Crippen molar-refractivity contribution in [3.8, 4) is 5.75 Å². The van der Waals surface area contributed by atoms with Gasteiger partial charge in [-0.25, -0.2) is 13.2 Å². The molecule has 0 spiro atoms. The first-order valence-corrected chi connectivity index (χ1v) is 16.0. The largest absolute Gasteiger partial charge is 0.497 e. The molecule has 4 aliphatic rings. The molecule has 5 unspecified atom stereocenters. The number of anilines is 1. The highest BCUT2D eigenvalue weighted by atomic mass is 32.2. The minimum Gasteiger partial charge on any atom is -0.497 e. The summed E-state index contributed by atoms with van der Waals surface area (Å²) in [5.74, 6) is -2.97.